The number of anilines is 1. The van der Waals surface area contributed by atoms with E-state index in [0.717, 1.165) is 23.7 Å². The van der Waals surface area contributed by atoms with E-state index in [1.54, 1.807) is 0 Å². The second kappa shape index (κ2) is 6.07. The summed E-state index contributed by atoms with van der Waals surface area (Å²) in [5, 5.41) is 13.7. The Kier molecular flexibility index (Phi) is 4.68. The van der Waals surface area contributed by atoms with Gasteiger partial charge >= 0.3 is 0 Å². The van der Waals surface area contributed by atoms with Gasteiger partial charge < -0.3 is 10.4 Å². The summed E-state index contributed by atoms with van der Waals surface area (Å²) in [4.78, 5) is 0. The lowest BCUT2D eigenvalue weighted by atomic mass is 10.0. The molecule has 2 rings (SSSR count). The van der Waals surface area contributed by atoms with Gasteiger partial charge in [-0.1, -0.05) is 35.2 Å². The number of benzene rings is 1. The van der Waals surface area contributed by atoms with E-state index in [4.69, 9.17) is 0 Å². The van der Waals surface area contributed by atoms with Gasteiger partial charge in [-0.25, -0.2) is 0 Å². The molecule has 0 aromatic heterocycles. The van der Waals surface area contributed by atoms with Crippen molar-refractivity contribution in [2.75, 3.05) is 5.32 Å². The summed E-state index contributed by atoms with van der Waals surface area (Å²) in [6.07, 6.45) is 5.38. The lowest BCUT2D eigenvalue weighted by Gasteiger charge is -2.25. The number of rotatable bonds is 2. The van der Waals surface area contributed by atoms with Crippen molar-refractivity contribution in [2.45, 2.75) is 58.1 Å². The van der Waals surface area contributed by atoms with Crippen molar-refractivity contribution in [1.82, 2.24) is 0 Å². The van der Waals surface area contributed by atoms with E-state index in [2.05, 4.69) is 47.2 Å². The molecule has 0 spiro atoms. The zero-order valence-electron chi connectivity index (χ0n) is 11.2. The molecule has 1 aromatic rings. The topological polar surface area (TPSA) is 32.3 Å². The Morgan fingerprint density at radius 3 is 2.39 bits per heavy atom. The lowest BCUT2D eigenvalue weighted by molar-refractivity contribution is 0.144. The molecular formula is C15H22BrNO. The quantitative estimate of drug-likeness (QED) is 0.803. The molecule has 2 nitrogen and oxygen atoms in total. The minimum absolute atomic E-state index is 0.200. The highest BCUT2D eigenvalue weighted by atomic mass is 79.9. The average Bonchev–Trinajstić information content (AvgIpc) is 2.49. The van der Waals surface area contributed by atoms with Crippen molar-refractivity contribution >= 4 is 21.6 Å². The molecule has 1 fully saturated rings. The molecule has 2 N–H and O–H groups in total. The van der Waals surface area contributed by atoms with Gasteiger partial charge in [-0.15, -0.1) is 0 Å². The molecule has 1 aliphatic carbocycles. The third kappa shape index (κ3) is 3.27. The number of aliphatic hydroxyl groups is 1. The number of aliphatic hydroxyl groups excluding tert-OH is 1. The van der Waals surface area contributed by atoms with E-state index >= 15 is 0 Å². The van der Waals surface area contributed by atoms with Gasteiger partial charge in [-0.05, 0) is 49.9 Å². The first-order valence-electron chi connectivity index (χ1n) is 6.79. The van der Waals surface area contributed by atoms with Crippen LogP contribution in [0.4, 0.5) is 5.69 Å². The van der Waals surface area contributed by atoms with Crippen LogP contribution in [0.3, 0.4) is 0 Å². The Hall–Kier alpha value is -0.540. The second-order valence-corrected chi connectivity index (χ2v) is 6.29. The first kappa shape index (κ1) is 13.9. The number of hydrogen-bond donors (Lipinski definition) is 2. The van der Waals surface area contributed by atoms with E-state index in [1.165, 1.54) is 29.7 Å². The summed E-state index contributed by atoms with van der Waals surface area (Å²) in [6, 6.07) is 4.45. The van der Waals surface area contributed by atoms with Gasteiger partial charge in [-0.2, -0.15) is 0 Å². The fourth-order valence-corrected chi connectivity index (χ4v) is 3.47. The van der Waals surface area contributed by atoms with Crippen LogP contribution in [0.1, 0.15) is 43.2 Å². The highest BCUT2D eigenvalue weighted by molar-refractivity contribution is 9.10. The lowest BCUT2D eigenvalue weighted by Crippen LogP contribution is -2.33. The van der Waals surface area contributed by atoms with Gasteiger partial charge in [0.15, 0.2) is 0 Å². The number of nitrogens with one attached hydrogen (secondary N) is 1. The Morgan fingerprint density at radius 2 is 1.72 bits per heavy atom. The van der Waals surface area contributed by atoms with Crippen molar-refractivity contribution in [2.24, 2.45) is 0 Å². The average molecular weight is 312 g/mol. The second-order valence-electron chi connectivity index (χ2n) is 5.37. The first-order chi connectivity index (χ1) is 8.58. The third-order valence-corrected chi connectivity index (χ3v) is 4.26. The summed E-state index contributed by atoms with van der Waals surface area (Å²) >= 11 is 3.52. The van der Waals surface area contributed by atoms with E-state index in [0.29, 0.717) is 0 Å². The summed E-state index contributed by atoms with van der Waals surface area (Å²) in [5.41, 5.74) is 3.65. The monoisotopic (exact) mass is 311 g/mol. The summed E-state index contributed by atoms with van der Waals surface area (Å²) in [6.45, 7) is 4.23. The van der Waals surface area contributed by atoms with Gasteiger partial charge in [-0.3, -0.25) is 0 Å². The largest absolute Gasteiger partial charge is 0.391 e. The van der Waals surface area contributed by atoms with Gasteiger partial charge in [0, 0.05) is 10.2 Å². The predicted octanol–water partition coefficient (Wildman–Crippen LogP) is 4.17. The Labute approximate surface area is 118 Å². The molecule has 1 aliphatic rings. The van der Waals surface area contributed by atoms with Gasteiger partial charge in [0.2, 0.25) is 0 Å². The fourth-order valence-electron chi connectivity index (χ4n) is 2.78. The highest BCUT2D eigenvalue weighted by Crippen LogP contribution is 2.28. The van der Waals surface area contributed by atoms with Crippen LogP contribution in [0, 0.1) is 13.8 Å². The van der Waals surface area contributed by atoms with Gasteiger partial charge in [0.1, 0.15) is 0 Å². The number of aryl methyl sites for hydroxylation is 2. The molecular weight excluding hydrogens is 290 g/mol. The standard InChI is InChI=1S/C15H22BrNO/c1-10-8-12(16)9-11(2)15(10)17-13-6-4-3-5-7-14(13)18/h8-9,13-14,17-18H,3-7H2,1-2H3. The van der Waals surface area contributed by atoms with Crippen LogP contribution in [0.15, 0.2) is 16.6 Å². The van der Waals surface area contributed by atoms with Crippen LogP contribution < -0.4 is 5.32 Å². The van der Waals surface area contributed by atoms with Crippen molar-refractivity contribution < 1.29 is 5.11 Å². The minimum Gasteiger partial charge on any atom is -0.391 e. The van der Waals surface area contributed by atoms with Crippen LogP contribution in [0.25, 0.3) is 0 Å². The van der Waals surface area contributed by atoms with Crippen LogP contribution >= 0.6 is 15.9 Å². The Morgan fingerprint density at radius 1 is 1.11 bits per heavy atom. The first-order valence-corrected chi connectivity index (χ1v) is 7.58. The summed E-state index contributed by atoms with van der Waals surface area (Å²) in [5.74, 6) is 0. The zero-order chi connectivity index (χ0) is 13.1. The van der Waals surface area contributed by atoms with Crippen LogP contribution in [0.5, 0.6) is 0 Å². The van der Waals surface area contributed by atoms with Gasteiger partial charge in [0.25, 0.3) is 0 Å². The molecule has 0 radical (unpaired) electrons. The van der Waals surface area contributed by atoms with Crippen molar-refractivity contribution in [3.63, 3.8) is 0 Å². The van der Waals surface area contributed by atoms with Crippen LogP contribution in [-0.4, -0.2) is 17.3 Å². The fraction of sp³-hybridized carbons (Fsp3) is 0.600. The van der Waals surface area contributed by atoms with Crippen LogP contribution in [0.2, 0.25) is 0 Å². The smallest absolute Gasteiger partial charge is 0.0741 e. The Balaban J connectivity index is 2.17. The maximum absolute atomic E-state index is 10.2. The van der Waals surface area contributed by atoms with E-state index in [-0.39, 0.29) is 12.1 Å². The van der Waals surface area contributed by atoms with Crippen molar-refractivity contribution in [1.29, 1.82) is 0 Å². The molecule has 1 saturated carbocycles. The SMILES string of the molecule is Cc1cc(Br)cc(C)c1NC1CCCCCC1O. The number of hydrogen-bond acceptors (Lipinski definition) is 2. The highest BCUT2D eigenvalue weighted by Gasteiger charge is 2.22. The Bertz CT molecular complexity index is 396. The molecule has 2 unspecified atom stereocenters. The van der Waals surface area contributed by atoms with Crippen molar-refractivity contribution in [3.05, 3.63) is 27.7 Å². The number of halogens is 1. The maximum atomic E-state index is 10.2. The minimum atomic E-state index is -0.213. The van der Waals surface area contributed by atoms with Crippen molar-refractivity contribution in [3.8, 4) is 0 Å². The molecule has 0 heterocycles. The van der Waals surface area contributed by atoms with Gasteiger partial charge in [0.05, 0.1) is 12.1 Å². The summed E-state index contributed by atoms with van der Waals surface area (Å²) in [7, 11) is 0. The van der Waals surface area contributed by atoms with E-state index in [1.807, 2.05) is 0 Å². The molecule has 1 aromatic carbocycles. The molecule has 18 heavy (non-hydrogen) atoms. The molecule has 0 bridgehead atoms. The molecule has 2 atom stereocenters. The maximum Gasteiger partial charge on any atom is 0.0741 e. The predicted molar refractivity (Wildman–Crippen MR) is 80.1 cm³/mol. The van der Waals surface area contributed by atoms with E-state index in [9.17, 15) is 5.11 Å². The molecule has 100 valence electrons. The molecule has 0 amide bonds. The van der Waals surface area contributed by atoms with Crippen LogP contribution in [-0.2, 0) is 0 Å². The normalized spacial score (nSPS) is 24.7. The summed E-state index contributed by atoms with van der Waals surface area (Å²) < 4.78 is 1.12. The van der Waals surface area contributed by atoms with E-state index < -0.39 is 0 Å². The molecule has 0 aliphatic heterocycles. The zero-order valence-corrected chi connectivity index (χ0v) is 12.8. The molecule has 3 heteroatoms. The third-order valence-electron chi connectivity index (χ3n) is 3.81. The molecule has 0 saturated heterocycles.